The molecule has 1 amide bonds. The molecule has 25 heavy (non-hydrogen) atoms. The number of aliphatic hydroxyl groups is 1. The van der Waals surface area contributed by atoms with Gasteiger partial charge in [0.2, 0.25) is 5.91 Å². The van der Waals surface area contributed by atoms with Crippen molar-refractivity contribution < 1.29 is 9.90 Å². The number of hydrogen-bond acceptors (Lipinski definition) is 5. The summed E-state index contributed by atoms with van der Waals surface area (Å²) in [6.45, 7) is 8.49. The van der Waals surface area contributed by atoms with Crippen LogP contribution in [0.2, 0.25) is 0 Å². The van der Waals surface area contributed by atoms with Crippen molar-refractivity contribution in [3.8, 4) is 0 Å². The van der Waals surface area contributed by atoms with Crippen molar-refractivity contribution in [1.29, 1.82) is 0 Å². The summed E-state index contributed by atoms with van der Waals surface area (Å²) in [7, 11) is 0. The monoisotopic (exact) mass is 342 g/mol. The normalized spacial score (nSPS) is 11.9. The Hall–Kier alpha value is -2.60. The SMILES string of the molecule is Cc1cc(C)c(CNc2ccc(NC(=O)CC(C)O)c(N)n2)c(C)c1. The predicted octanol–water partition coefficient (Wildman–Crippen LogP) is 2.91. The molecule has 1 unspecified atom stereocenters. The smallest absolute Gasteiger partial charge is 0.227 e. The van der Waals surface area contributed by atoms with E-state index in [1.807, 2.05) is 0 Å². The molecule has 1 atom stereocenters. The number of aryl methyl sites for hydroxylation is 3. The molecule has 1 aromatic carbocycles. The number of nitrogen functional groups attached to an aromatic ring is 1. The lowest BCUT2D eigenvalue weighted by molar-refractivity contribution is -0.117. The second-order valence-electron chi connectivity index (χ2n) is 6.46. The molecule has 0 aliphatic carbocycles. The van der Waals surface area contributed by atoms with Gasteiger partial charge in [-0.15, -0.1) is 0 Å². The Bertz CT molecular complexity index is 749. The van der Waals surface area contributed by atoms with Crippen LogP contribution in [0.3, 0.4) is 0 Å². The van der Waals surface area contributed by atoms with E-state index in [0.29, 0.717) is 18.1 Å². The number of pyridine rings is 1. The van der Waals surface area contributed by atoms with Gasteiger partial charge in [0.1, 0.15) is 11.6 Å². The van der Waals surface area contributed by atoms with Crippen LogP contribution in [0.4, 0.5) is 17.3 Å². The van der Waals surface area contributed by atoms with E-state index >= 15 is 0 Å². The third kappa shape index (κ3) is 5.19. The summed E-state index contributed by atoms with van der Waals surface area (Å²) in [5.41, 5.74) is 11.3. The predicted molar refractivity (Wildman–Crippen MR) is 102 cm³/mol. The summed E-state index contributed by atoms with van der Waals surface area (Å²) in [4.78, 5) is 16.0. The summed E-state index contributed by atoms with van der Waals surface area (Å²) in [6.07, 6.45) is -0.679. The summed E-state index contributed by atoms with van der Waals surface area (Å²) >= 11 is 0. The number of aromatic nitrogens is 1. The van der Waals surface area contributed by atoms with E-state index in [0.717, 1.165) is 0 Å². The molecule has 0 spiro atoms. The second kappa shape index (κ2) is 7.98. The highest BCUT2D eigenvalue weighted by atomic mass is 16.3. The first-order chi connectivity index (χ1) is 11.8. The standard InChI is InChI=1S/C19H26N4O2/c1-11-7-12(2)15(13(3)8-11)10-21-17-6-5-16(19(20)23-17)22-18(25)9-14(4)24/h5-8,14,24H,9-10H2,1-4H3,(H,22,25)(H3,20,21,23). The first kappa shape index (κ1) is 18.7. The van der Waals surface area contributed by atoms with Crippen molar-refractivity contribution >= 4 is 23.2 Å². The topological polar surface area (TPSA) is 100 Å². The van der Waals surface area contributed by atoms with Gasteiger partial charge in [-0.1, -0.05) is 17.7 Å². The molecule has 1 heterocycles. The highest BCUT2D eigenvalue weighted by molar-refractivity contribution is 5.93. The van der Waals surface area contributed by atoms with Gasteiger partial charge in [0.05, 0.1) is 18.2 Å². The van der Waals surface area contributed by atoms with Crippen LogP contribution < -0.4 is 16.4 Å². The molecule has 0 aliphatic heterocycles. The van der Waals surface area contributed by atoms with Crippen LogP contribution in [0, 0.1) is 20.8 Å². The molecule has 2 aromatic rings. The number of anilines is 3. The molecule has 5 N–H and O–H groups in total. The summed E-state index contributed by atoms with van der Waals surface area (Å²) in [5.74, 6) is 0.585. The van der Waals surface area contributed by atoms with Crippen LogP contribution in [-0.4, -0.2) is 22.1 Å². The van der Waals surface area contributed by atoms with Crippen LogP contribution in [0.15, 0.2) is 24.3 Å². The number of nitrogens with zero attached hydrogens (tertiary/aromatic N) is 1. The molecular weight excluding hydrogens is 316 g/mol. The third-order valence-corrected chi connectivity index (χ3v) is 3.97. The van der Waals surface area contributed by atoms with E-state index in [2.05, 4.69) is 48.5 Å². The third-order valence-electron chi connectivity index (χ3n) is 3.97. The molecule has 0 saturated heterocycles. The van der Waals surface area contributed by atoms with Gasteiger partial charge in [0.15, 0.2) is 0 Å². The van der Waals surface area contributed by atoms with Crippen LogP contribution >= 0.6 is 0 Å². The van der Waals surface area contributed by atoms with Crippen LogP contribution in [-0.2, 0) is 11.3 Å². The molecule has 0 bridgehead atoms. The largest absolute Gasteiger partial charge is 0.393 e. The van der Waals surface area contributed by atoms with Crippen molar-refractivity contribution in [3.63, 3.8) is 0 Å². The highest BCUT2D eigenvalue weighted by Gasteiger charge is 2.10. The second-order valence-corrected chi connectivity index (χ2v) is 6.46. The van der Waals surface area contributed by atoms with Gasteiger partial charge in [-0.3, -0.25) is 4.79 Å². The van der Waals surface area contributed by atoms with E-state index < -0.39 is 6.10 Å². The van der Waals surface area contributed by atoms with Crippen LogP contribution in [0.5, 0.6) is 0 Å². The lowest BCUT2D eigenvalue weighted by Crippen LogP contribution is -2.18. The zero-order chi connectivity index (χ0) is 18.6. The van der Waals surface area contributed by atoms with Gasteiger partial charge in [-0.25, -0.2) is 4.98 Å². The minimum Gasteiger partial charge on any atom is -0.393 e. The molecule has 1 aromatic heterocycles. The van der Waals surface area contributed by atoms with Crippen molar-refractivity contribution in [2.75, 3.05) is 16.4 Å². The molecule has 0 saturated carbocycles. The summed E-state index contributed by atoms with van der Waals surface area (Å²) in [5, 5.41) is 15.2. The van der Waals surface area contributed by atoms with Crippen LogP contribution in [0.25, 0.3) is 0 Å². The van der Waals surface area contributed by atoms with Gasteiger partial charge >= 0.3 is 0 Å². The number of amides is 1. The zero-order valence-electron chi connectivity index (χ0n) is 15.2. The molecule has 134 valence electrons. The van der Waals surface area contributed by atoms with E-state index in [1.165, 1.54) is 22.3 Å². The average molecular weight is 342 g/mol. The Morgan fingerprint density at radius 2 is 1.88 bits per heavy atom. The van der Waals surface area contributed by atoms with Gasteiger partial charge in [0.25, 0.3) is 0 Å². The van der Waals surface area contributed by atoms with Crippen molar-refractivity contribution in [2.24, 2.45) is 0 Å². The van der Waals surface area contributed by atoms with Gasteiger partial charge < -0.3 is 21.5 Å². The highest BCUT2D eigenvalue weighted by Crippen LogP contribution is 2.21. The molecule has 0 radical (unpaired) electrons. The Kier molecular flexibility index (Phi) is 5.98. The molecule has 0 aliphatic rings. The van der Waals surface area contributed by atoms with E-state index in [9.17, 15) is 9.90 Å². The average Bonchev–Trinajstić information content (AvgIpc) is 2.48. The number of nitrogens with two attached hydrogens (primary N) is 1. The Morgan fingerprint density at radius 3 is 2.44 bits per heavy atom. The number of nitrogens with one attached hydrogen (secondary N) is 2. The Morgan fingerprint density at radius 1 is 1.24 bits per heavy atom. The molecule has 0 fully saturated rings. The zero-order valence-corrected chi connectivity index (χ0v) is 15.2. The van der Waals surface area contributed by atoms with E-state index in [-0.39, 0.29) is 18.1 Å². The van der Waals surface area contributed by atoms with E-state index in [4.69, 9.17) is 5.73 Å². The number of carbonyl (C=O) groups excluding carboxylic acids is 1. The minimum absolute atomic E-state index is 0.0193. The fraction of sp³-hybridized carbons (Fsp3) is 0.368. The quantitative estimate of drug-likeness (QED) is 0.647. The first-order valence-corrected chi connectivity index (χ1v) is 8.31. The van der Waals surface area contributed by atoms with Crippen molar-refractivity contribution in [1.82, 2.24) is 4.98 Å². The molecule has 2 rings (SSSR count). The van der Waals surface area contributed by atoms with Gasteiger partial charge in [-0.05, 0) is 56.5 Å². The Balaban J connectivity index is 2.05. The lowest BCUT2D eigenvalue weighted by atomic mass is 10.00. The number of rotatable bonds is 6. The number of aliphatic hydroxyl groups excluding tert-OH is 1. The maximum atomic E-state index is 11.7. The first-order valence-electron chi connectivity index (χ1n) is 8.31. The molecular formula is C19H26N4O2. The van der Waals surface area contributed by atoms with Crippen molar-refractivity contribution in [2.45, 2.75) is 46.8 Å². The lowest BCUT2D eigenvalue weighted by Gasteiger charge is -2.14. The molecule has 6 nitrogen and oxygen atoms in total. The van der Waals surface area contributed by atoms with Crippen molar-refractivity contribution in [3.05, 3.63) is 46.5 Å². The van der Waals surface area contributed by atoms with E-state index in [1.54, 1.807) is 19.1 Å². The minimum atomic E-state index is -0.698. The fourth-order valence-corrected chi connectivity index (χ4v) is 2.82. The Labute approximate surface area is 148 Å². The summed E-state index contributed by atoms with van der Waals surface area (Å²) < 4.78 is 0. The van der Waals surface area contributed by atoms with Gasteiger partial charge in [-0.2, -0.15) is 0 Å². The number of hydrogen-bond donors (Lipinski definition) is 4. The fourth-order valence-electron chi connectivity index (χ4n) is 2.82. The van der Waals surface area contributed by atoms with Gasteiger partial charge in [0, 0.05) is 6.54 Å². The van der Waals surface area contributed by atoms with Crippen LogP contribution in [0.1, 0.15) is 35.6 Å². The number of benzene rings is 1. The maximum absolute atomic E-state index is 11.7. The number of carbonyl (C=O) groups is 1. The maximum Gasteiger partial charge on any atom is 0.227 e. The molecule has 6 heteroatoms. The summed E-state index contributed by atoms with van der Waals surface area (Å²) in [6, 6.07) is 7.80.